The third-order valence-electron chi connectivity index (χ3n) is 3.43. The molecule has 1 fully saturated rings. The van der Waals surface area contributed by atoms with Crippen LogP contribution in [-0.4, -0.2) is 28.6 Å². The number of piperidine rings is 1. The van der Waals surface area contributed by atoms with E-state index in [2.05, 4.69) is 4.90 Å². The van der Waals surface area contributed by atoms with Crippen molar-refractivity contribution in [3.63, 3.8) is 0 Å². The molecule has 1 aromatic heterocycles. The van der Waals surface area contributed by atoms with E-state index in [1.165, 1.54) is 6.42 Å². The average molecular weight is 272 g/mol. The van der Waals surface area contributed by atoms with Crippen molar-refractivity contribution in [2.45, 2.75) is 44.7 Å². The van der Waals surface area contributed by atoms with Crippen LogP contribution in [0.5, 0.6) is 0 Å². The van der Waals surface area contributed by atoms with Crippen LogP contribution < -0.4 is 0 Å². The maximum atomic E-state index is 10.7. The zero-order valence-corrected chi connectivity index (χ0v) is 11.0. The van der Waals surface area contributed by atoms with Crippen LogP contribution in [0.15, 0.2) is 16.5 Å². The molecule has 1 N–H and O–H groups in total. The minimum atomic E-state index is -0.721. The number of carbonyl (C=O) groups is 1. The predicted molar refractivity (Wildman–Crippen MR) is 68.6 cm³/mol. The molecule has 0 saturated carbocycles. The topological polar surface area (TPSA) is 53.7 Å². The number of nitrogens with zero attached hydrogens (tertiary/aromatic N) is 1. The first-order valence-corrected chi connectivity index (χ1v) is 6.73. The number of carboxylic acid groups (broad SMARTS) is 1. The van der Waals surface area contributed by atoms with E-state index in [0.717, 1.165) is 31.7 Å². The van der Waals surface area contributed by atoms with Gasteiger partial charge in [-0.1, -0.05) is 6.42 Å². The summed E-state index contributed by atoms with van der Waals surface area (Å²) >= 11 is 5.75. The highest BCUT2D eigenvalue weighted by atomic mass is 35.5. The Kier molecular flexibility index (Phi) is 4.66. The van der Waals surface area contributed by atoms with E-state index in [1.54, 1.807) is 6.07 Å². The van der Waals surface area contributed by atoms with Crippen LogP contribution in [0.25, 0.3) is 0 Å². The summed E-state index contributed by atoms with van der Waals surface area (Å²) in [6, 6.07) is 3.97. The van der Waals surface area contributed by atoms with Crippen LogP contribution >= 0.6 is 11.6 Å². The van der Waals surface area contributed by atoms with Crippen molar-refractivity contribution < 1.29 is 14.3 Å². The Morgan fingerprint density at radius 3 is 3.00 bits per heavy atom. The van der Waals surface area contributed by atoms with Crippen molar-refractivity contribution in [2.75, 3.05) is 6.54 Å². The highest BCUT2D eigenvalue weighted by Gasteiger charge is 2.23. The Bertz CT molecular complexity index is 405. The summed E-state index contributed by atoms with van der Waals surface area (Å²) < 4.78 is 5.37. The van der Waals surface area contributed by atoms with Crippen LogP contribution in [0.2, 0.25) is 5.22 Å². The van der Waals surface area contributed by atoms with Gasteiger partial charge in [-0.2, -0.15) is 0 Å². The maximum absolute atomic E-state index is 10.7. The Morgan fingerprint density at radius 1 is 1.50 bits per heavy atom. The van der Waals surface area contributed by atoms with E-state index in [0.29, 0.717) is 17.7 Å². The molecule has 1 aromatic rings. The van der Waals surface area contributed by atoms with Crippen LogP contribution in [0.3, 0.4) is 0 Å². The first kappa shape index (κ1) is 13.4. The summed E-state index contributed by atoms with van der Waals surface area (Å²) in [5, 5.41) is 9.18. The lowest BCUT2D eigenvalue weighted by Crippen LogP contribution is -2.39. The molecule has 0 spiro atoms. The molecule has 1 saturated heterocycles. The minimum absolute atomic E-state index is 0.236. The van der Waals surface area contributed by atoms with Gasteiger partial charge < -0.3 is 9.52 Å². The minimum Gasteiger partial charge on any atom is -0.481 e. The third kappa shape index (κ3) is 3.75. The van der Waals surface area contributed by atoms with Crippen molar-refractivity contribution >= 4 is 17.6 Å². The van der Waals surface area contributed by atoms with Gasteiger partial charge >= 0.3 is 5.97 Å². The summed E-state index contributed by atoms with van der Waals surface area (Å²) in [6.07, 6.45) is 4.36. The molecule has 1 aliphatic heterocycles. The Hall–Kier alpha value is -1.00. The molecule has 4 nitrogen and oxygen atoms in total. The summed E-state index contributed by atoms with van der Waals surface area (Å²) in [4.78, 5) is 13.0. The number of aliphatic carboxylic acids is 1. The summed E-state index contributed by atoms with van der Waals surface area (Å²) in [7, 11) is 0. The van der Waals surface area contributed by atoms with Gasteiger partial charge in [-0.25, -0.2) is 0 Å². The van der Waals surface area contributed by atoms with Crippen molar-refractivity contribution in [1.29, 1.82) is 0 Å². The molecule has 5 heteroatoms. The standard InChI is InChI=1S/C13H18ClNO3/c14-12-6-5-11(18-12)9-15-8-2-1-3-10(15)4-7-13(16)17/h5-6,10H,1-4,7-9H2,(H,16,17). The number of halogens is 1. The monoisotopic (exact) mass is 271 g/mol. The lowest BCUT2D eigenvalue weighted by atomic mass is 9.98. The van der Waals surface area contributed by atoms with Gasteiger partial charge in [-0.05, 0) is 49.5 Å². The summed E-state index contributed by atoms with van der Waals surface area (Å²) in [6.45, 7) is 1.72. The first-order valence-electron chi connectivity index (χ1n) is 6.35. The molecule has 0 amide bonds. The number of rotatable bonds is 5. The number of hydrogen-bond acceptors (Lipinski definition) is 3. The van der Waals surface area contributed by atoms with E-state index in [9.17, 15) is 4.79 Å². The SMILES string of the molecule is O=C(O)CCC1CCCCN1Cc1ccc(Cl)o1. The van der Waals surface area contributed by atoms with Gasteiger partial charge in [-0.3, -0.25) is 9.69 Å². The van der Waals surface area contributed by atoms with Crippen molar-refractivity contribution in [1.82, 2.24) is 4.90 Å². The number of carboxylic acids is 1. The number of furan rings is 1. The van der Waals surface area contributed by atoms with Crippen LogP contribution in [-0.2, 0) is 11.3 Å². The number of likely N-dealkylation sites (tertiary alicyclic amines) is 1. The van der Waals surface area contributed by atoms with Crippen LogP contribution in [0.4, 0.5) is 0 Å². The fourth-order valence-corrected chi connectivity index (χ4v) is 2.68. The van der Waals surface area contributed by atoms with Gasteiger partial charge in [0.05, 0.1) is 6.54 Å². The average Bonchev–Trinajstić information content (AvgIpc) is 2.73. The smallest absolute Gasteiger partial charge is 0.303 e. The van der Waals surface area contributed by atoms with Gasteiger partial charge in [0, 0.05) is 12.5 Å². The second-order valence-corrected chi connectivity index (χ2v) is 5.13. The molecule has 18 heavy (non-hydrogen) atoms. The van der Waals surface area contributed by atoms with E-state index in [4.69, 9.17) is 21.1 Å². The molecule has 2 rings (SSSR count). The number of hydrogen-bond donors (Lipinski definition) is 1. The van der Waals surface area contributed by atoms with Gasteiger partial charge in [0.2, 0.25) is 0 Å². The molecule has 100 valence electrons. The maximum Gasteiger partial charge on any atom is 0.303 e. The van der Waals surface area contributed by atoms with Crippen LogP contribution in [0, 0.1) is 0 Å². The molecule has 0 radical (unpaired) electrons. The van der Waals surface area contributed by atoms with Gasteiger partial charge in [0.15, 0.2) is 5.22 Å². The molecule has 2 heterocycles. The molecular weight excluding hydrogens is 254 g/mol. The highest BCUT2D eigenvalue weighted by Crippen LogP contribution is 2.24. The van der Waals surface area contributed by atoms with Crippen molar-refractivity contribution in [3.05, 3.63) is 23.1 Å². The lowest BCUT2D eigenvalue weighted by Gasteiger charge is -2.34. The second kappa shape index (κ2) is 6.25. The Balaban J connectivity index is 1.92. The molecule has 1 unspecified atom stereocenters. The van der Waals surface area contributed by atoms with E-state index in [1.807, 2.05) is 6.07 Å². The highest BCUT2D eigenvalue weighted by molar-refractivity contribution is 6.28. The first-order chi connectivity index (χ1) is 8.65. The normalized spacial score (nSPS) is 21.1. The van der Waals surface area contributed by atoms with E-state index >= 15 is 0 Å². The van der Waals surface area contributed by atoms with E-state index in [-0.39, 0.29) is 6.42 Å². The van der Waals surface area contributed by atoms with Gasteiger partial charge in [0.1, 0.15) is 5.76 Å². The fourth-order valence-electron chi connectivity index (χ4n) is 2.52. The van der Waals surface area contributed by atoms with Crippen molar-refractivity contribution in [2.24, 2.45) is 0 Å². The fraction of sp³-hybridized carbons (Fsp3) is 0.615. The second-order valence-electron chi connectivity index (χ2n) is 4.76. The zero-order valence-electron chi connectivity index (χ0n) is 10.3. The molecule has 1 aliphatic rings. The third-order valence-corrected chi connectivity index (χ3v) is 3.63. The zero-order chi connectivity index (χ0) is 13.0. The van der Waals surface area contributed by atoms with Gasteiger partial charge in [0.25, 0.3) is 0 Å². The van der Waals surface area contributed by atoms with Gasteiger partial charge in [-0.15, -0.1) is 0 Å². The largest absolute Gasteiger partial charge is 0.481 e. The van der Waals surface area contributed by atoms with E-state index < -0.39 is 5.97 Å². The predicted octanol–water partition coefficient (Wildman–Crippen LogP) is 3.15. The summed E-state index contributed by atoms with van der Waals surface area (Å²) in [5.74, 6) is 0.129. The van der Waals surface area contributed by atoms with Crippen molar-refractivity contribution in [3.8, 4) is 0 Å². The van der Waals surface area contributed by atoms with Crippen LogP contribution in [0.1, 0.15) is 37.9 Å². The molecule has 0 bridgehead atoms. The molecule has 0 aromatic carbocycles. The Morgan fingerprint density at radius 2 is 2.33 bits per heavy atom. The lowest BCUT2D eigenvalue weighted by molar-refractivity contribution is -0.137. The molecule has 1 atom stereocenters. The molecular formula is C13H18ClNO3. The quantitative estimate of drug-likeness (QED) is 0.894. The Labute approximate surface area is 112 Å². The molecule has 0 aliphatic carbocycles. The summed E-state index contributed by atoms with van der Waals surface area (Å²) in [5.41, 5.74) is 0.